The van der Waals surface area contributed by atoms with Gasteiger partial charge in [-0.05, 0) is 70.2 Å². The van der Waals surface area contributed by atoms with Crippen molar-refractivity contribution < 1.29 is 14.4 Å². The second-order valence-corrected chi connectivity index (χ2v) is 10.2. The fraction of sp³-hybridized carbons (Fsp3) is 0.423. The predicted molar refractivity (Wildman–Crippen MR) is 145 cm³/mol. The summed E-state index contributed by atoms with van der Waals surface area (Å²) >= 11 is 12.3. The minimum atomic E-state index is -0.347. The van der Waals surface area contributed by atoms with Gasteiger partial charge in [0.2, 0.25) is 5.91 Å². The van der Waals surface area contributed by atoms with E-state index in [2.05, 4.69) is 15.5 Å². The maximum Gasteiger partial charge on any atom is 0.317 e. The van der Waals surface area contributed by atoms with E-state index < -0.39 is 0 Å². The Morgan fingerprint density at radius 3 is 2.17 bits per heavy atom. The topological polar surface area (TPSA) is 85.0 Å². The largest absolute Gasteiger partial charge is 0.368 e. The van der Waals surface area contributed by atoms with Gasteiger partial charge in [-0.15, -0.1) is 0 Å². The van der Waals surface area contributed by atoms with Crippen LogP contribution in [0.5, 0.6) is 0 Å². The van der Waals surface area contributed by atoms with Crippen LogP contribution in [0, 0.1) is 0 Å². The summed E-state index contributed by atoms with van der Waals surface area (Å²) in [6.07, 6.45) is 0. The third kappa shape index (κ3) is 7.27. The van der Waals surface area contributed by atoms with E-state index in [0.29, 0.717) is 47.5 Å². The van der Waals surface area contributed by atoms with Gasteiger partial charge in [0.15, 0.2) is 0 Å². The second-order valence-electron chi connectivity index (χ2n) is 9.32. The maximum absolute atomic E-state index is 13.0. The molecule has 1 aliphatic rings. The summed E-state index contributed by atoms with van der Waals surface area (Å²) in [5.74, 6) is -0.601. The Balaban J connectivity index is 1.64. The van der Waals surface area contributed by atoms with Crippen molar-refractivity contribution in [1.82, 2.24) is 15.1 Å². The first-order valence-corrected chi connectivity index (χ1v) is 12.8. The molecule has 0 unspecified atom stereocenters. The third-order valence-electron chi connectivity index (χ3n) is 5.86. The number of benzene rings is 2. The molecular weight excluding hydrogens is 501 g/mol. The van der Waals surface area contributed by atoms with Crippen LogP contribution in [-0.2, 0) is 4.79 Å². The van der Waals surface area contributed by atoms with E-state index in [1.165, 1.54) is 4.90 Å². The average Bonchev–Trinajstić information content (AvgIpc) is 2.83. The van der Waals surface area contributed by atoms with Gasteiger partial charge >= 0.3 is 6.03 Å². The molecule has 2 N–H and O–H groups in total. The Morgan fingerprint density at radius 1 is 0.944 bits per heavy atom. The molecule has 0 radical (unpaired) electrons. The predicted octanol–water partition coefficient (Wildman–Crippen LogP) is 4.72. The van der Waals surface area contributed by atoms with Gasteiger partial charge in [-0.1, -0.05) is 23.2 Å². The molecule has 3 rings (SSSR count). The van der Waals surface area contributed by atoms with E-state index in [-0.39, 0.29) is 36.5 Å². The van der Waals surface area contributed by atoms with Crippen molar-refractivity contribution in [2.75, 3.05) is 42.9 Å². The van der Waals surface area contributed by atoms with Crippen molar-refractivity contribution >= 4 is 52.4 Å². The highest BCUT2D eigenvalue weighted by molar-refractivity contribution is 6.34. The highest BCUT2D eigenvalue weighted by Crippen LogP contribution is 2.28. The number of rotatable bonds is 7. The number of urea groups is 1. The summed E-state index contributed by atoms with van der Waals surface area (Å²) in [4.78, 5) is 43.6. The lowest BCUT2D eigenvalue weighted by Gasteiger charge is -2.36. The van der Waals surface area contributed by atoms with Gasteiger partial charge in [0.25, 0.3) is 5.91 Å². The van der Waals surface area contributed by atoms with Gasteiger partial charge in [-0.2, -0.15) is 0 Å². The Morgan fingerprint density at radius 2 is 1.58 bits per heavy atom. The van der Waals surface area contributed by atoms with Crippen molar-refractivity contribution in [3.8, 4) is 0 Å². The number of carbonyl (C=O) groups excluding carboxylic acids is 3. The molecule has 4 amide bonds. The van der Waals surface area contributed by atoms with Crippen molar-refractivity contribution in [1.29, 1.82) is 0 Å². The van der Waals surface area contributed by atoms with Crippen LogP contribution in [0.1, 0.15) is 38.1 Å². The number of carbonyl (C=O) groups is 3. The van der Waals surface area contributed by atoms with E-state index >= 15 is 0 Å². The van der Waals surface area contributed by atoms with Gasteiger partial charge in [-0.25, -0.2) is 4.79 Å². The van der Waals surface area contributed by atoms with Crippen molar-refractivity contribution in [2.24, 2.45) is 0 Å². The molecular formula is C26H33Cl2N5O3. The molecule has 1 aliphatic heterocycles. The van der Waals surface area contributed by atoms with E-state index in [0.717, 1.165) is 5.69 Å². The molecule has 194 valence electrons. The first kappa shape index (κ1) is 27.6. The Hall–Kier alpha value is -2.97. The van der Waals surface area contributed by atoms with Gasteiger partial charge in [0.05, 0.1) is 10.7 Å². The number of piperazine rings is 1. The first-order chi connectivity index (χ1) is 17.0. The lowest BCUT2D eigenvalue weighted by Crippen LogP contribution is -2.52. The molecule has 8 nitrogen and oxygen atoms in total. The lowest BCUT2D eigenvalue weighted by molar-refractivity contribution is -0.117. The minimum Gasteiger partial charge on any atom is -0.368 e. The zero-order chi connectivity index (χ0) is 26.4. The van der Waals surface area contributed by atoms with E-state index in [1.54, 1.807) is 35.2 Å². The zero-order valence-corrected chi connectivity index (χ0v) is 22.6. The second kappa shape index (κ2) is 12.3. The minimum absolute atomic E-state index is 0.0587. The number of anilines is 2. The molecule has 0 spiro atoms. The van der Waals surface area contributed by atoms with Crippen LogP contribution in [0.2, 0.25) is 10.0 Å². The number of hydrogen-bond donors (Lipinski definition) is 2. The van der Waals surface area contributed by atoms with Gasteiger partial charge < -0.3 is 25.3 Å². The summed E-state index contributed by atoms with van der Waals surface area (Å²) in [5.41, 5.74) is 1.83. The fourth-order valence-electron chi connectivity index (χ4n) is 3.90. The average molecular weight is 534 g/mol. The molecule has 2 aromatic carbocycles. The number of halogens is 2. The molecule has 0 atom stereocenters. The molecule has 2 aromatic rings. The monoisotopic (exact) mass is 533 g/mol. The Bertz CT molecular complexity index is 1080. The number of nitrogens with one attached hydrogen (secondary N) is 2. The van der Waals surface area contributed by atoms with Crippen LogP contribution in [0.4, 0.5) is 16.2 Å². The third-order valence-corrected chi connectivity index (χ3v) is 6.44. The van der Waals surface area contributed by atoms with Crippen LogP contribution in [0.15, 0.2) is 42.5 Å². The summed E-state index contributed by atoms with van der Waals surface area (Å²) in [6.45, 7) is 9.98. The molecule has 0 aromatic heterocycles. The molecule has 1 saturated heterocycles. The van der Waals surface area contributed by atoms with Gasteiger partial charge in [0.1, 0.15) is 6.54 Å². The smallest absolute Gasteiger partial charge is 0.317 e. The SMILES string of the molecule is CC(C)NC(=O)N1CCN(c2ccc(Cl)c(NC(=O)CN(C(=O)c3ccc(Cl)cc3)C(C)C)c2)CC1. The Labute approximate surface area is 222 Å². The highest BCUT2D eigenvalue weighted by Gasteiger charge is 2.24. The normalized spacial score (nSPS) is 13.7. The van der Waals surface area contributed by atoms with E-state index in [1.807, 2.05) is 39.8 Å². The first-order valence-electron chi connectivity index (χ1n) is 12.0. The van der Waals surface area contributed by atoms with Crippen LogP contribution < -0.4 is 15.5 Å². The molecule has 0 bridgehead atoms. The molecule has 1 heterocycles. The molecule has 0 aliphatic carbocycles. The maximum atomic E-state index is 13.0. The van der Waals surface area contributed by atoms with Crippen LogP contribution >= 0.6 is 23.2 Å². The van der Waals surface area contributed by atoms with Crippen molar-refractivity contribution in [2.45, 2.75) is 39.8 Å². The molecule has 1 fully saturated rings. The number of amides is 4. The summed E-state index contributed by atoms with van der Waals surface area (Å²) in [7, 11) is 0. The number of hydrogen-bond acceptors (Lipinski definition) is 4. The van der Waals surface area contributed by atoms with Crippen LogP contribution in [0.3, 0.4) is 0 Å². The van der Waals surface area contributed by atoms with E-state index in [4.69, 9.17) is 23.2 Å². The standard InChI is InChI=1S/C26H33Cl2N5O3/c1-17(2)29-26(36)32-13-11-31(12-14-32)21-9-10-22(28)23(15-21)30-24(34)16-33(18(3)4)25(35)19-5-7-20(27)8-6-19/h5-10,15,17-18H,11-14,16H2,1-4H3,(H,29,36)(H,30,34). The van der Waals surface area contributed by atoms with Gasteiger partial charge in [-0.3, -0.25) is 9.59 Å². The fourth-order valence-corrected chi connectivity index (χ4v) is 4.19. The van der Waals surface area contributed by atoms with E-state index in [9.17, 15) is 14.4 Å². The molecule has 10 heteroatoms. The van der Waals surface area contributed by atoms with Crippen molar-refractivity contribution in [3.63, 3.8) is 0 Å². The van der Waals surface area contributed by atoms with Crippen LogP contribution in [-0.4, -0.2) is 72.5 Å². The summed E-state index contributed by atoms with van der Waals surface area (Å²) in [6, 6.07) is 11.9. The Kier molecular flexibility index (Phi) is 9.45. The quantitative estimate of drug-likeness (QED) is 0.539. The highest BCUT2D eigenvalue weighted by atomic mass is 35.5. The molecule has 36 heavy (non-hydrogen) atoms. The number of nitrogens with zero attached hydrogens (tertiary/aromatic N) is 3. The van der Waals surface area contributed by atoms with Crippen molar-refractivity contribution in [3.05, 3.63) is 58.1 Å². The zero-order valence-electron chi connectivity index (χ0n) is 21.1. The van der Waals surface area contributed by atoms with Gasteiger partial charge in [0, 0.05) is 54.5 Å². The summed E-state index contributed by atoms with van der Waals surface area (Å²) < 4.78 is 0. The lowest BCUT2D eigenvalue weighted by atomic mass is 10.1. The summed E-state index contributed by atoms with van der Waals surface area (Å²) in [5, 5.41) is 6.71. The molecule has 0 saturated carbocycles. The van der Waals surface area contributed by atoms with Crippen LogP contribution in [0.25, 0.3) is 0 Å².